The van der Waals surface area contributed by atoms with Gasteiger partial charge in [-0.25, -0.2) is 0 Å². The van der Waals surface area contributed by atoms with Gasteiger partial charge in [0.25, 0.3) is 0 Å². The van der Waals surface area contributed by atoms with Crippen molar-refractivity contribution in [3.05, 3.63) is 41.0 Å². The zero-order valence-corrected chi connectivity index (χ0v) is 9.88. The van der Waals surface area contributed by atoms with Gasteiger partial charge in [0.05, 0.1) is 22.9 Å². The summed E-state index contributed by atoms with van der Waals surface area (Å²) < 4.78 is 38.4. The van der Waals surface area contributed by atoms with E-state index >= 15 is 0 Å². The molecule has 0 saturated carbocycles. The quantitative estimate of drug-likeness (QED) is 0.836. The normalized spacial score (nSPS) is 12.8. The Hall–Kier alpha value is -1.96. The Bertz CT molecular complexity index is 496. The fourth-order valence-corrected chi connectivity index (χ4v) is 1.63. The molecule has 1 rings (SSSR count). The second-order valence-corrected chi connectivity index (χ2v) is 3.80. The Balaban J connectivity index is 3.38. The molecule has 0 atom stereocenters. The molecule has 0 aliphatic carbocycles. The van der Waals surface area contributed by atoms with E-state index in [-0.39, 0.29) is 16.8 Å². The van der Waals surface area contributed by atoms with Crippen LogP contribution in [-0.2, 0) is 6.18 Å². The van der Waals surface area contributed by atoms with Crippen molar-refractivity contribution in [1.82, 2.24) is 0 Å². The SMILES string of the molecule is CCC/C(C#N)=C(/N)c1ccccc1C(F)(F)F. The lowest BCUT2D eigenvalue weighted by atomic mass is 9.99. The molecule has 18 heavy (non-hydrogen) atoms. The molecule has 2 nitrogen and oxygen atoms in total. The van der Waals surface area contributed by atoms with Crippen LogP contribution in [-0.4, -0.2) is 0 Å². The standard InChI is InChI=1S/C13H13F3N2/c1-2-5-9(8-17)12(18)10-6-3-4-7-11(10)13(14,15)16/h3-4,6-7H,2,5,18H2,1H3/b12-9-. The molecule has 0 bridgehead atoms. The van der Waals surface area contributed by atoms with Crippen molar-refractivity contribution in [2.75, 3.05) is 0 Å². The van der Waals surface area contributed by atoms with Crippen LogP contribution in [0.2, 0.25) is 0 Å². The van der Waals surface area contributed by atoms with Gasteiger partial charge in [-0.05, 0) is 12.5 Å². The zero-order valence-electron chi connectivity index (χ0n) is 9.88. The summed E-state index contributed by atoms with van der Waals surface area (Å²) in [7, 11) is 0. The number of nitrogens with zero attached hydrogens (tertiary/aromatic N) is 1. The second-order valence-electron chi connectivity index (χ2n) is 3.80. The minimum Gasteiger partial charge on any atom is -0.397 e. The highest BCUT2D eigenvalue weighted by molar-refractivity contribution is 5.71. The third kappa shape index (κ3) is 3.04. The Morgan fingerprint density at radius 1 is 1.33 bits per heavy atom. The molecule has 5 heteroatoms. The van der Waals surface area contributed by atoms with Crippen LogP contribution in [0.15, 0.2) is 29.8 Å². The van der Waals surface area contributed by atoms with E-state index < -0.39 is 11.7 Å². The van der Waals surface area contributed by atoms with Crippen LogP contribution >= 0.6 is 0 Å². The molecule has 0 amide bonds. The minimum atomic E-state index is -4.48. The molecular formula is C13H13F3N2. The molecule has 96 valence electrons. The molecule has 0 aromatic heterocycles. The summed E-state index contributed by atoms with van der Waals surface area (Å²) in [6, 6.07) is 6.88. The second kappa shape index (κ2) is 5.58. The summed E-state index contributed by atoms with van der Waals surface area (Å²) >= 11 is 0. The Kier molecular flexibility index (Phi) is 4.38. The van der Waals surface area contributed by atoms with Gasteiger partial charge in [0.1, 0.15) is 0 Å². The van der Waals surface area contributed by atoms with Crippen molar-refractivity contribution < 1.29 is 13.2 Å². The van der Waals surface area contributed by atoms with Crippen LogP contribution < -0.4 is 5.73 Å². The Morgan fingerprint density at radius 2 is 1.94 bits per heavy atom. The first-order chi connectivity index (χ1) is 8.41. The Morgan fingerprint density at radius 3 is 2.44 bits per heavy atom. The van der Waals surface area contributed by atoms with Gasteiger partial charge in [-0.3, -0.25) is 0 Å². The molecule has 0 aliphatic rings. The number of nitrogens with two attached hydrogens (primary N) is 1. The summed E-state index contributed by atoms with van der Waals surface area (Å²) in [6.07, 6.45) is -3.46. The lowest BCUT2D eigenvalue weighted by molar-refractivity contribution is -0.137. The lowest BCUT2D eigenvalue weighted by Gasteiger charge is -2.13. The molecule has 0 fully saturated rings. The number of rotatable bonds is 3. The number of benzene rings is 1. The van der Waals surface area contributed by atoms with E-state index in [0.717, 1.165) is 6.07 Å². The zero-order chi connectivity index (χ0) is 13.8. The molecule has 0 spiro atoms. The van der Waals surface area contributed by atoms with Crippen LogP contribution in [0.3, 0.4) is 0 Å². The average molecular weight is 254 g/mol. The highest BCUT2D eigenvalue weighted by Gasteiger charge is 2.33. The van der Waals surface area contributed by atoms with Gasteiger partial charge in [-0.1, -0.05) is 31.5 Å². The number of alkyl halides is 3. The van der Waals surface area contributed by atoms with Crippen LogP contribution in [0.25, 0.3) is 5.70 Å². The third-order valence-electron chi connectivity index (χ3n) is 2.48. The van der Waals surface area contributed by atoms with Crippen molar-refractivity contribution in [2.45, 2.75) is 25.9 Å². The topological polar surface area (TPSA) is 49.8 Å². The minimum absolute atomic E-state index is 0.0905. The van der Waals surface area contributed by atoms with Gasteiger partial charge >= 0.3 is 6.18 Å². The molecule has 0 radical (unpaired) electrons. The molecule has 0 heterocycles. The van der Waals surface area contributed by atoms with Gasteiger partial charge in [0.2, 0.25) is 0 Å². The molecule has 0 saturated heterocycles. The average Bonchev–Trinajstić information content (AvgIpc) is 2.34. The maximum atomic E-state index is 12.8. The van der Waals surface area contributed by atoms with E-state index in [9.17, 15) is 13.2 Å². The van der Waals surface area contributed by atoms with E-state index in [0.29, 0.717) is 12.8 Å². The first-order valence-electron chi connectivity index (χ1n) is 5.47. The molecule has 1 aromatic carbocycles. The summed E-state index contributed by atoms with van der Waals surface area (Å²) in [4.78, 5) is 0. The largest absolute Gasteiger partial charge is 0.417 e. The van der Waals surface area contributed by atoms with E-state index in [1.54, 1.807) is 0 Å². The van der Waals surface area contributed by atoms with Crippen LogP contribution in [0.1, 0.15) is 30.9 Å². The fraction of sp³-hybridized carbons (Fsp3) is 0.308. The fourth-order valence-electron chi connectivity index (χ4n) is 1.63. The summed E-state index contributed by atoms with van der Waals surface area (Å²) in [5.41, 5.74) is 4.85. The van der Waals surface area contributed by atoms with E-state index in [4.69, 9.17) is 11.0 Å². The molecule has 1 aromatic rings. The molecule has 0 aliphatic heterocycles. The van der Waals surface area contributed by atoms with Gasteiger partial charge in [-0.2, -0.15) is 18.4 Å². The molecule has 2 N–H and O–H groups in total. The van der Waals surface area contributed by atoms with Crippen molar-refractivity contribution in [1.29, 1.82) is 5.26 Å². The number of hydrogen-bond acceptors (Lipinski definition) is 2. The number of halogens is 3. The van der Waals surface area contributed by atoms with Crippen molar-refractivity contribution in [3.63, 3.8) is 0 Å². The summed E-state index contributed by atoms with van der Waals surface area (Å²) in [5, 5.41) is 8.91. The summed E-state index contributed by atoms with van der Waals surface area (Å²) in [6.45, 7) is 1.83. The number of hydrogen-bond donors (Lipinski definition) is 1. The predicted molar refractivity (Wildman–Crippen MR) is 63.1 cm³/mol. The third-order valence-corrected chi connectivity index (χ3v) is 2.48. The number of nitriles is 1. The highest BCUT2D eigenvalue weighted by atomic mass is 19.4. The maximum Gasteiger partial charge on any atom is 0.417 e. The van der Waals surface area contributed by atoms with Gasteiger partial charge in [0, 0.05) is 5.56 Å². The van der Waals surface area contributed by atoms with Crippen LogP contribution in [0, 0.1) is 11.3 Å². The van der Waals surface area contributed by atoms with Crippen molar-refractivity contribution in [2.24, 2.45) is 5.73 Å². The van der Waals surface area contributed by atoms with Crippen LogP contribution in [0.5, 0.6) is 0 Å². The maximum absolute atomic E-state index is 12.8. The first-order valence-corrected chi connectivity index (χ1v) is 5.47. The van der Waals surface area contributed by atoms with Crippen molar-refractivity contribution >= 4 is 5.70 Å². The van der Waals surface area contributed by atoms with E-state index in [2.05, 4.69) is 0 Å². The Labute approximate surface area is 104 Å². The smallest absolute Gasteiger partial charge is 0.397 e. The predicted octanol–water partition coefficient (Wildman–Crippen LogP) is 3.70. The van der Waals surface area contributed by atoms with Crippen LogP contribution in [0.4, 0.5) is 13.2 Å². The first kappa shape index (κ1) is 14.1. The van der Waals surface area contributed by atoms with Crippen molar-refractivity contribution in [3.8, 4) is 6.07 Å². The molecule has 0 unspecified atom stereocenters. The lowest BCUT2D eigenvalue weighted by Crippen LogP contribution is -2.12. The molecular weight excluding hydrogens is 241 g/mol. The summed E-state index contributed by atoms with van der Waals surface area (Å²) in [5.74, 6) is 0. The van der Waals surface area contributed by atoms with Gasteiger partial charge in [0.15, 0.2) is 0 Å². The van der Waals surface area contributed by atoms with Gasteiger partial charge in [-0.15, -0.1) is 0 Å². The van der Waals surface area contributed by atoms with E-state index in [1.807, 2.05) is 13.0 Å². The highest BCUT2D eigenvalue weighted by Crippen LogP contribution is 2.34. The monoisotopic (exact) mass is 254 g/mol. The van der Waals surface area contributed by atoms with Gasteiger partial charge < -0.3 is 5.73 Å². The number of allylic oxidation sites excluding steroid dienone is 1. The van der Waals surface area contributed by atoms with E-state index in [1.165, 1.54) is 18.2 Å².